The Balaban J connectivity index is 1.32. The summed E-state index contributed by atoms with van der Waals surface area (Å²) in [5.74, 6) is 2.45. The molecule has 0 spiro atoms. The molecular formula is C28H21ClN4O2S. The number of aryl methyl sites for hydroxylation is 1. The van der Waals surface area contributed by atoms with Gasteiger partial charge in [-0.05, 0) is 42.8 Å². The molecule has 0 saturated carbocycles. The Labute approximate surface area is 217 Å². The molecule has 0 bridgehead atoms. The highest BCUT2D eigenvalue weighted by Gasteiger charge is 2.28. The van der Waals surface area contributed by atoms with E-state index in [0.29, 0.717) is 33.3 Å². The molecule has 178 valence electrons. The molecule has 1 N–H and O–H groups in total. The maximum absolute atomic E-state index is 6.35. The average Bonchev–Trinajstić information content (AvgIpc) is 3.33. The van der Waals surface area contributed by atoms with Gasteiger partial charge in [-0.15, -0.1) is 10.2 Å². The number of rotatable bonds is 5. The minimum Gasteiger partial charge on any atom is -0.455 e. The fraction of sp³-hybridized carbons (Fsp3) is 0.107. The number of fused-ring (bicyclic) bond motifs is 3. The number of furan rings is 1. The average molecular weight is 513 g/mol. The van der Waals surface area contributed by atoms with Gasteiger partial charge in [0, 0.05) is 27.6 Å². The van der Waals surface area contributed by atoms with Crippen molar-refractivity contribution in [1.29, 1.82) is 0 Å². The normalized spacial score (nSPS) is 14.2. The summed E-state index contributed by atoms with van der Waals surface area (Å²) in [6.45, 7) is 2.08. The number of halogens is 1. The number of thioether (sulfide) groups is 1. The fourth-order valence-corrected chi connectivity index (χ4v) is 4.88. The Morgan fingerprint density at radius 3 is 2.67 bits per heavy atom. The van der Waals surface area contributed by atoms with Gasteiger partial charge in [0.05, 0.1) is 0 Å². The molecule has 8 heteroatoms. The quantitative estimate of drug-likeness (QED) is 0.243. The van der Waals surface area contributed by atoms with Crippen LogP contribution >= 0.6 is 23.4 Å². The molecule has 1 atom stereocenters. The van der Waals surface area contributed by atoms with Crippen molar-refractivity contribution in [3.05, 3.63) is 107 Å². The molecule has 1 unspecified atom stereocenters. The fourth-order valence-electron chi connectivity index (χ4n) is 3.96. The van der Waals surface area contributed by atoms with Crippen molar-refractivity contribution >= 4 is 29.1 Å². The number of nitrogens with zero attached hydrogens (tertiary/aromatic N) is 3. The lowest BCUT2D eigenvalue weighted by atomic mass is 10.1. The zero-order valence-electron chi connectivity index (χ0n) is 19.3. The van der Waals surface area contributed by atoms with Gasteiger partial charge >= 0.3 is 0 Å². The molecule has 36 heavy (non-hydrogen) atoms. The number of aromatic nitrogens is 3. The maximum atomic E-state index is 6.35. The van der Waals surface area contributed by atoms with E-state index < -0.39 is 6.23 Å². The van der Waals surface area contributed by atoms with Crippen LogP contribution in [0.25, 0.3) is 22.6 Å². The topological polar surface area (TPSA) is 73.1 Å². The van der Waals surface area contributed by atoms with Crippen molar-refractivity contribution in [3.8, 4) is 28.5 Å². The number of hydrogen-bond donors (Lipinski definition) is 1. The first-order valence-electron chi connectivity index (χ1n) is 11.4. The second kappa shape index (κ2) is 9.68. The van der Waals surface area contributed by atoms with Crippen LogP contribution in [0.15, 0.2) is 94.5 Å². The van der Waals surface area contributed by atoms with Gasteiger partial charge in [-0.2, -0.15) is 4.98 Å². The lowest BCUT2D eigenvalue weighted by Gasteiger charge is -2.16. The molecule has 3 aromatic carbocycles. The number of para-hydroxylation sites is 1. The number of nitrogens with one attached hydrogen (secondary N) is 1. The molecule has 5 aromatic rings. The van der Waals surface area contributed by atoms with Gasteiger partial charge in [0.25, 0.3) is 0 Å². The van der Waals surface area contributed by atoms with E-state index in [9.17, 15) is 0 Å². The maximum Gasteiger partial charge on any atom is 0.247 e. The monoisotopic (exact) mass is 512 g/mol. The minimum absolute atomic E-state index is 0.402. The molecule has 1 aliphatic heterocycles. The summed E-state index contributed by atoms with van der Waals surface area (Å²) in [5, 5.41) is 13.5. The van der Waals surface area contributed by atoms with E-state index in [1.54, 1.807) is 0 Å². The van der Waals surface area contributed by atoms with Crippen LogP contribution in [-0.2, 0) is 5.75 Å². The van der Waals surface area contributed by atoms with Gasteiger partial charge in [0.1, 0.15) is 5.76 Å². The second-order valence-electron chi connectivity index (χ2n) is 8.42. The van der Waals surface area contributed by atoms with E-state index >= 15 is 0 Å². The van der Waals surface area contributed by atoms with Gasteiger partial charge in [-0.1, -0.05) is 83.5 Å². The molecule has 0 aliphatic carbocycles. The van der Waals surface area contributed by atoms with Crippen molar-refractivity contribution in [1.82, 2.24) is 15.2 Å². The van der Waals surface area contributed by atoms with E-state index in [4.69, 9.17) is 25.7 Å². The Kier molecular flexibility index (Phi) is 6.09. The number of ether oxygens (including phenoxy) is 1. The molecule has 3 heterocycles. The van der Waals surface area contributed by atoms with Gasteiger partial charge in [0.15, 0.2) is 11.5 Å². The predicted molar refractivity (Wildman–Crippen MR) is 142 cm³/mol. The van der Waals surface area contributed by atoms with E-state index in [2.05, 4.69) is 46.7 Å². The highest BCUT2D eigenvalue weighted by Crippen LogP contribution is 2.40. The van der Waals surface area contributed by atoms with Crippen molar-refractivity contribution < 1.29 is 9.15 Å². The Hall–Kier alpha value is -3.81. The molecule has 0 radical (unpaired) electrons. The zero-order valence-corrected chi connectivity index (χ0v) is 20.9. The predicted octanol–water partition coefficient (Wildman–Crippen LogP) is 7.56. The van der Waals surface area contributed by atoms with E-state index in [1.165, 1.54) is 22.9 Å². The lowest BCUT2D eigenvalue weighted by molar-refractivity contribution is 0.196. The van der Waals surface area contributed by atoms with E-state index in [0.717, 1.165) is 22.6 Å². The van der Waals surface area contributed by atoms with Crippen LogP contribution in [-0.4, -0.2) is 15.2 Å². The van der Waals surface area contributed by atoms with Crippen LogP contribution in [0, 0.1) is 6.92 Å². The van der Waals surface area contributed by atoms with Gasteiger partial charge in [-0.25, -0.2) is 0 Å². The van der Waals surface area contributed by atoms with Crippen LogP contribution in [0.5, 0.6) is 5.88 Å². The molecule has 1 aliphatic rings. The van der Waals surface area contributed by atoms with Crippen molar-refractivity contribution in [3.63, 3.8) is 0 Å². The summed E-state index contributed by atoms with van der Waals surface area (Å²) >= 11 is 7.69. The smallest absolute Gasteiger partial charge is 0.247 e. The van der Waals surface area contributed by atoms with E-state index in [-0.39, 0.29) is 0 Å². The van der Waals surface area contributed by atoms with Crippen LogP contribution in [0.1, 0.15) is 23.1 Å². The largest absolute Gasteiger partial charge is 0.455 e. The second-order valence-corrected chi connectivity index (χ2v) is 9.80. The summed E-state index contributed by atoms with van der Waals surface area (Å²) in [4.78, 5) is 4.73. The Morgan fingerprint density at radius 2 is 1.81 bits per heavy atom. The molecular weight excluding hydrogens is 492 g/mol. The third kappa shape index (κ3) is 4.67. The molecule has 6 nitrogen and oxygen atoms in total. The highest BCUT2D eigenvalue weighted by molar-refractivity contribution is 7.98. The van der Waals surface area contributed by atoms with Crippen LogP contribution in [0.3, 0.4) is 0 Å². The first-order chi connectivity index (χ1) is 17.6. The third-order valence-electron chi connectivity index (χ3n) is 5.82. The number of benzene rings is 3. The summed E-state index contributed by atoms with van der Waals surface area (Å²) in [5.41, 5.74) is 5.63. The summed E-state index contributed by atoms with van der Waals surface area (Å²) in [7, 11) is 0. The SMILES string of the molecule is Cc1ccc(CSc2nnc3c(n2)OC(c2ccc(-c4cccc(Cl)c4)o2)Nc2ccccc2-3)cc1. The van der Waals surface area contributed by atoms with Crippen LogP contribution < -0.4 is 10.1 Å². The molecule has 6 rings (SSSR count). The first kappa shape index (κ1) is 22.6. The standard InChI is InChI=1S/C28H21ClN4O2S/c1-17-9-11-18(12-10-17)16-36-28-31-27-25(32-33-28)21-7-2-3-8-22(21)30-26(35-27)24-14-13-23(34-24)19-5-4-6-20(29)15-19/h2-15,26,30H,16H2,1H3. The van der Waals surface area contributed by atoms with Crippen molar-refractivity contribution in [2.45, 2.75) is 24.1 Å². The Bertz CT molecular complexity index is 1540. The summed E-state index contributed by atoms with van der Waals surface area (Å²) < 4.78 is 12.5. The van der Waals surface area contributed by atoms with Crippen molar-refractivity contribution in [2.24, 2.45) is 0 Å². The highest BCUT2D eigenvalue weighted by atomic mass is 35.5. The molecule has 0 saturated heterocycles. The lowest BCUT2D eigenvalue weighted by Crippen LogP contribution is -2.16. The number of anilines is 1. The summed E-state index contributed by atoms with van der Waals surface area (Å²) in [6.07, 6.45) is -0.605. The van der Waals surface area contributed by atoms with Crippen LogP contribution in [0.4, 0.5) is 5.69 Å². The first-order valence-corrected chi connectivity index (χ1v) is 12.8. The Morgan fingerprint density at radius 1 is 0.944 bits per heavy atom. The van der Waals surface area contributed by atoms with Gasteiger partial charge in [0.2, 0.25) is 17.3 Å². The zero-order chi connectivity index (χ0) is 24.5. The van der Waals surface area contributed by atoms with Crippen molar-refractivity contribution in [2.75, 3.05) is 5.32 Å². The molecule has 0 fully saturated rings. The van der Waals surface area contributed by atoms with E-state index in [1.807, 2.05) is 60.7 Å². The minimum atomic E-state index is -0.605. The number of hydrogen-bond acceptors (Lipinski definition) is 7. The van der Waals surface area contributed by atoms with Gasteiger partial charge in [-0.3, -0.25) is 0 Å². The van der Waals surface area contributed by atoms with Gasteiger partial charge < -0.3 is 14.5 Å². The molecule has 2 aromatic heterocycles. The third-order valence-corrected chi connectivity index (χ3v) is 6.96. The van der Waals surface area contributed by atoms with Crippen LogP contribution in [0.2, 0.25) is 5.02 Å². The summed E-state index contributed by atoms with van der Waals surface area (Å²) in [6, 6.07) is 27.6. The molecule has 0 amide bonds.